The van der Waals surface area contributed by atoms with Crippen LogP contribution in [0.1, 0.15) is 78.6 Å². The predicted molar refractivity (Wildman–Crippen MR) is 73.6 cm³/mol. The molecule has 1 saturated carbocycles. The van der Waals surface area contributed by atoms with E-state index in [1.165, 1.54) is 57.8 Å². The molecule has 2 unspecified atom stereocenters. The fourth-order valence-corrected chi connectivity index (χ4v) is 3.17. The lowest BCUT2D eigenvalue weighted by molar-refractivity contribution is 0.264. The molecule has 0 bridgehead atoms. The zero-order valence-corrected chi connectivity index (χ0v) is 11.6. The zero-order valence-electron chi connectivity index (χ0n) is 11.6. The lowest BCUT2D eigenvalue weighted by atomic mass is 9.74. The Hall–Kier alpha value is -0.260. The maximum Gasteiger partial charge on any atom is -0.0178 e. The van der Waals surface area contributed by atoms with E-state index in [-0.39, 0.29) is 0 Å². The highest BCUT2D eigenvalue weighted by Crippen LogP contribution is 2.36. The van der Waals surface area contributed by atoms with E-state index in [2.05, 4.69) is 26.8 Å². The Morgan fingerprint density at radius 1 is 1.12 bits per heavy atom. The van der Waals surface area contributed by atoms with Crippen molar-refractivity contribution < 1.29 is 0 Å². The SMILES string of the molecule is CCCCC/C=C(/C)C1CCCCC1CC. The van der Waals surface area contributed by atoms with Gasteiger partial charge in [0.05, 0.1) is 0 Å². The fourth-order valence-electron chi connectivity index (χ4n) is 3.17. The van der Waals surface area contributed by atoms with Crippen LogP contribution < -0.4 is 0 Å². The van der Waals surface area contributed by atoms with Gasteiger partial charge >= 0.3 is 0 Å². The standard InChI is InChI=1S/C16H30/c1-4-6-7-8-11-14(3)16-13-10-9-12-15(16)5-2/h11,15-16H,4-10,12-13H2,1-3H3/b14-11-. The quantitative estimate of drug-likeness (QED) is 0.398. The van der Waals surface area contributed by atoms with Gasteiger partial charge in [-0.15, -0.1) is 0 Å². The molecule has 0 radical (unpaired) electrons. The number of hydrogen-bond acceptors (Lipinski definition) is 0. The van der Waals surface area contributed by atoms with Crippen molar-refractivity contribution in [3.63, 3.8) is 0 Å². The molecule has 0 aliphatic heterocycles. The van der Waals surface area contributed by atoms with Crippen molar-refractivity contribution >= 4 is 0 Å². The topological polar surface area (TPSA) is 0 Å². The van der Waals surface area contributed by atoms with Gasteiger partial charge in [-0.1, -0.05) is 57.6 Å². The van der Waals surface area contributed by atoms with E-state index in [0.717, 1.165) is 11.8 Å². The van der Waals surface area contributed by atoms with Crippen LogP contribution in [-0.2, 0) is 0 Å². The van der Waals surface area contributed by atoms with Gasteiger partial charge in [0.25, 0.3) is 0 Å². The van der Waals surface area contributed by atoms with Crippen molar-refractivity contribution in [1.29, 1.82) is 0 Å². The van der Waals surface area contributed by atoms with Crippen molar-refractivity contribution in [1.82, 2.24) is 0 Å². The highest BCUT2D eigenvalue weighted by atomic mass is 14.3. The van der Waals surface area contributed by atoms with E-state index in [9.17, 15) is 0 Å². The molecule has 2 atom stereocenters. The highest BCUT2D eigenvalue weighted by molar-refractivity contribution is 5.06. The first-order valence-corrected chi connectivity index (χ1v) is 7.46. The van der Waals surface area contributed by atoms with E-state index in [0.29, 0.717) is 0 Å². The van der Waals surface area contributed by atoms with Crippen molar-refractivity contribution in [3.8, 4) is 0 Å². The van der Waals surface area contributed by atoms with Crippen LogP contribution in [-0.4, -0.2) is 0 Å². The van der Waals surface area contributed by atoms with Gasteiger partial charge in [-0.25, -0.2) is 0 Å². The van der Waals surface area contributed by atoms with Crippen molar-refractivity contribution in [2.45, 2.75) is 78.6 Å². The minimum atomic E-state index is 0.917. The molecule has 1 aliphatic carbocycles. The molecule has 0 heterocycles. The van der Waals surface area contributed by atoms with E-state index in [1.54, 1.807) is 5.57 Å². The maximum atomic E-state index is 2.54. The van der Waals surface area contributed by atoms with Crippen LogP contribution in [0.15, 0.2) is 11.6 Å². The van der Waals surface area contributed by atoms with Gasteiger partial charge in [0.1, 0.15) is 0 Å². The molecule has 0 N–H and O–H groups in total. The molecule has 94 valence electrons. The summed E-state index contributed by atoms with van der Waals surface area (Å²) in [6, 6.07) is 0. The molecule has 0 nitrogen and oxygen atoms in total. The van der Waals surface area contributed by atoms with Gasteiger partial charge in [0.2, 0.25) is 0 Å². The average molecular weight is 222 g/mol. The Balaban J connectivity index is 2.40. The first-order chi connectivity index (χ1) is 7.79. The summed E-state index contributed by atoms with van der Waals surface area (Å²) in [7, 11) is 0. The Kier molecular flexibility index (Phi) is 6.84. The lowest BCUT2D eigenvalue weighted by Gasteiger charge is -2.31. The van der Waals surface area contributed by atoms with E-state index >= 15 is 0 Å². The third-order valence-electron chi connectivity index (χ3n) is 4.29. The second-order valence-electron chi connectivity index (χ2n) is 5.50. The molecule has 1 rings (SSSR count). The van der Waals surface area contributed by atoms with E-state index in [4.69, 9.17) is 0 Å². The van der Waals surface area contributed by atoms with Gasteiger partial charge in [-0.05, 0) is 44.4 Å². The summed E-state index contributed by atoms with van der Waals surface area (Å²) in [5.41, 5.74) is 1.70. The van der Waals surface area contributed by atoms with Crippen LogP contribution in [0.2, 0.25) is 0 Å². The minimum absolute atomic E-state index is 0.917. The lowest BCUT2D eigenvalue weighted by Crippen LogP contribution is -2.19. The molecule has 1 aliphatic rings. The molecule has 0 aromatic carbocycles. The summed E-state index contributed by atoms with van der Waals surface area (Å²) in [5, 5.41) is 0. The molecule has 0 heteroatoms. The molecule has 16 heavy (non-hydrogen) atoms. The largest absolute Gasteiger partial charge is 0.0853 e. The Morgan fingerprint density at radius 2 is 1.88 bits per heavy atom. The van der Waals surface area contributed by atoms with Crippen LogP contribution >= 0.6 is 0 Å². The Bertz CT molecular complexity index is 202. The summed E-state index contributed by atoms with van der Waals surface area (Å²) in [6.07, 6.45) is 15.2. The third kappa shape index (κ3) is 4.31. The molecule has 0 amide bonds. The van der Waals surface area contributed by atoms with Crippen LogP contribution in [0, 0.1) is 11.8 Å². The van der Waals surface area contributed by atoms with Gasteiger partial charge in [0.15, 0.2) is 0 Å². The summed E-state index contributed by atoms with van der Waals surface area (Å²) < 4.78 is 0. The molecule has 0 spiro atoms. The third-order valence-corrected chi connectivity index (χ3v) is 4.29. The second-order valence-corrected chi connectivity index (χ2v) is 5.50. The van der Waals surface area contributed by atoms with Crippen molar-refractivity contribution in [3.05, 3.63) is 11.6 Å². The molecule has 1 fully saturated rings. The fraction of sp³-hybridized carbons (Fsp3) is 0.875. The smallest absolute Gasteiger partial charge is 0.0178 e. The van der Waals surface area contributed by atoms with E-state index in [1.807, 2.05) is 0 Å². The van der Waals surface area contributed by atoms with Gasteiger partial charge in [0, 0.05) is 0 Å². The molecule has 0 aromatic rings. The molecule has 0 aromatic heterocycles. The molecular formula is C16H30. The van der Waals surface area contributed by atoms with Gasteiger partial charge in [-0.3, -0.25) is 0 Å². The number of hydrogen-bond donors (Lipinski definition) is 0. The average Bonchev–Trinajstić information content (AvgIpc) is 2.34. The highest BCUT2D eigenvalue weighted by Gasteiger charge is 2.24. The van der Waals surface area contributed by atoms with Crippen LogP contribution in [0.3, 0.4) is 0 Å². The molecular weight excluding hydrogens is 192 g/mol. The maximum absolute atomic E-state index is 2.54. The summed E-state index contributed by atoms with van der Waals surface area (Å²) in [6.45, 7) is 7.03. The number of allylic oxidation sites excluding steroid dienone is 2. The predicted octanol–water partition coefficient (Wildman–Crippen LogP) is 5.73. The minimum Gasteiger partial charge on any atom is -0.0853 e. The second kappa shape index (κ2) is 7.92. The summed E-state index contributed by atoms with van der Waals surface area (Å²) in [5.74, 6) is 1.90. The van der Waals surface area contributed by atoms with Crippen molar-refractivity contribution in [2.24, 2.45) is 11.8 Å². The number of rotatable bonds is 6. The zero-order chi connectivity index (χ0) is 11.8. The van der Waals surface area contributed by atoms with Crippen LogP contribution in [0.5, 0.6) is 0 Å². The normalized spacial score (nSPS) is 27.1. The monoisotopic (exact) mass is 222 g/mol. The van der Waals surface area contributed by atoms with E-state index < -0.39 is 0 Å². The van der Waals surface area contributed by atoms with Crippen LogP contribution in [0.25, 0.3) is 0 Å². The molecule has 0 saturated heterocycles. The van der Waals surface area contributed by atoms with Gasteiger partial charge < -0.3 is 0 Å². The first-order valence-electron chi connectivity index (χ1n) is 7.46. The summed E-state index contributed by atoms with van der Waals surface area (Å²) in [4.78, 5) is 0. The Morgan fingerprint density at radius 3 is 2.56 bits per heavy atom. The van der Waals surface area contributed by atoms with Crippen LogP contribution in [0.4, 0.5) is 0 Å². The van der Waals surface area contributed by atoms with Gasteiger partial charge in [-0.2, -0.15) is 0 Å². The first kappa shape index (κ1) is 13.8. The summed E-state index contributed by atoms with van der Waals surface area (Å²) >= 11 is 0. The number of unbranched alkanes of at least 4 members (excludes halogenated alkanes) is 3. The van der Waals surface area contributed by atoms with Crippen molar-refractivity contribution in [2.75, 3.05) is 0 Å². The Labute approximate surface area is 103 Å².